The lowest BCUT2D eigenvalue weighted by atomic mass is 9.95. The Hall–Kier alpha value is -3.68. The van der Waals surface area contributed by atoms with E-state index in [1.54, 1.807) is 45.2 Å². The number of para-hydroxylation sites is 1. The van der Waals surface area contributed by atoms with E-state index in [0.29, 0.717) is 17.8 Å². The van der Waals surface area contributed by atoms with Gasteiger partial charge in [-0.3, -0.25) is 19.3 Å². The zero-order valence-corrected chi connectivity index (χ0v) is 20.8. The van der Waals surface area contributed by atoms with Crippen molar-refractivity contribution in [3.63, 3.8) is 0 Å². The second kappa shape index (κ2) is 9.17. The van der Waals surface area contributed by atoms with Crippen molar-refractivity contribution >= 4 is 29.4 Å². The Labute approximate surface area is 205 Å². The minimum absolute atomic E-state index is 0.0977. The van der Waals surface area contributed by atoms with Crippen LogP contribution in [-0.4, -0.2) is 58.8 Å². The van der Waals surface area contributed by atoms with E-state index in [0.717, 1.165) is 16.7 Å². The molecule has 1 atom stereocenters. The molecule has 1 saturated heterocycles. The number of esters is 1. The summed E-state index contributed by atoms with van der Waals surface area (Å²) >= 11 is 0. The minimum atomic E-state index is -1.61. The number of ether oxygens (including phenoxy) is 1. The first-order chi connectivity index (χ1) is 16.6. The molecule has 2 heterocycles. The Balaban J connectivity index is 1.57. The van der Waals surface area contributed by atoms with E-state index in [2.05, 4.69) is 6.07 Å². The summed E-state index contributed by atoms with van der Waals surface area (Å²) in [6, 6.07) is 12.4. The van der Waals surface area contributed by atoms with Crippen molar-refractivity contribution in [3.05, 3.63) is 64.7 Å². The first-order valence-electron chi connectivity index (χ1n) is 11.8. The van der Waals surface area contributed by atoms with Crippen molar-refractivity contribution in [1.29, 1.82) is 0 Å². The van der Waals surface area contributed by atoms with Gasteiger partial charge in [0.1, 0.15) is 0 Å². The Kier molecular flexibility index (Phi) is 6.40. The lowest BCUT2D eigenvalue weighted by molar-refractivity contribution is -0.162. The molecule has 2 aliphatic rings. The largest absolute Gasteiger partial charge is 0.452 e. The number of amides is 3. The molecule has 0 bridgehead atoms. The summed E-state index contributed by atoms with van der Waals surface area (Å²) in [6.45, 7) is 7.49. The van der Waals surface area contributed by atoms with E-state index in [1.807, 2.05) is 26.0 Å². The Morgan fingerprint density at radius 3 is 2.51 bits per heavy atom. The van der Waals surface area contributed by atoms with Crippen LogP contribution >= 0.6 is 0 Å². The molecular weight excluding hydrogens is 446 g/mol. The number of nitrogens with zero attached hydrogens (tertiary/aromatic N) is 3. The van der Waals surface area contributed by atoms with Crippen LogP contribution in [-0.2, 0) is 25.7 Å². The van der Waals surface area contributed by atoms with Crippen LogP contribution in [0, 0.1) is 13.8 Å². The summed E-state index contributed by atoms with van der Waals surface area (Å²) < 4.78 is 5.53. The predicted molar refractivity (Wildman–Crippen MR) is 131 cm³/mol. The van der Waals surface area contributed by atoms with Crippen LogP contribution in [0.25, 0.3) is 0 Å². The van der Waals surface area contributed by atoms with E-state index in [1.165, 1.54) is 14.7 Å². The lowest BCUT2D eigenvalue weighted by Crippen LogP contribution is -2.70. The third-order valence-corrected chi connectivity index (χ3v) is 6.80. The third kappa shape index (κ3) is 4.07. The van der Waals surface area contributed by atoms with Crippen LogP contribution in [0.1, 0.15) is 53.7 Å². The predicted octanol–water partition coefficient (Wildman–Crippen LogP) is 3.19. The van der Waals surface area contributed by atoms with Crippen LogP contribution in [0.3, 0.4) is 0 Å². The zero-order chi connectivity index (χ0) is 25.5. The van der Waals surface area contributed by atoms with Crippen LogP contribution in [0.15, 0.2) is 42.5 Å². The molecule has 8 heteroatoms. The molecule has 0 aliphatic carbocycles. The molecule has 184 valence electrons. The topological polar surface area (TPSA) is 87.2 Å². The van der Waals surface area contributed by atoms with Gasteiger partial charge in [-0.25, -0.2) is 4.79 Å². The van der Waals surface area contributed by atoms with Crippen LogP contribution in [0.5, 0.6) is 0 Å². The highest BCUT2D eigenvalue weighted by Gasteiger charge is 2.62. The summed E-state index contributed by atoms with van der Waals surface area (Å²) in [5.74, 6) is -1.74. The van der Waals surface area contributed by atoms with E-state index < -0.39 is 18.2 Å². The van der Waals surface area contributed by atoms with Gasteiger partial charge in [-0.15, -0.1) is 0 Å². The molecule has 0 aromatic heterocycles. The highest BCUT2D eigenvalue weighted by atomic mass is 16.5. The number of carbonyl (C=O) groups excluding carboxylic acids is 4. The van der Waals surface area contributed by atoms with Crippen molar-refractivity contribution in [2.45, 2.75) is 58.8 Å². The van der Waals surface area contributed by atoms with Gasteiger partial charge in [0.05, 0.1) is 11.3 Å². The number of anilines is 1. The SMILES string of the molecule is Cc1ccc(CN(C)C(=O)COC(=O)[C@@]23CCC(=O)N2c2ccccc2C(=O)N3C(C)C)c(C)c1. The van der Waals surface area contributed by atoms with E-state index in [4.69, 9.17) is 4.74 Å². The molecule has 0 saturated carbocycles. The standard InChI is InChI=1S/C27H31N3O5/c1-17(2)29-25(33)21-8-6-7-9-22(21)30-23(31)12-13-27(29,30)26(34)35-16-24(32)28(5)15-20-11-10-18(3)14-19(20)4/h6-11,14,17H,12-13,15-16H2,1-5H3/t27-/m1/s1. The van der Waals surface area contributed by atoms with Gasteiger partial charge in [0, 0.05) is 32.5 Å². The molecule has 0 spiro atoms. The average Bonchev–Trinajstić information content (AvgIpc) is 3.16. The lowest BCUT2D eigenvalue weighted by Gasteiger charge is -2.50. The van der Waals surface area contributed by atoms with Crippen molar-refractivity contribution < 1.29 is 23.9 Å². The molecule has 8 nitrogen and oxygen atoms in total. The van der Waals surface area contributed by atoms with Gasteiger partial charge < -0.3 is 14.5 Å². The summed E-state index contributed by atoms with van der Waals surface area (Å²) in [6.07, 6.45) is 0.204. The van der Waals surface area contributed by atoms with Gasteiger partial charge in [-0.1, -0.05) is 35.9 Å². The smallest absolute Gasteiger partial charge is 0.354 e. The maximum Gasteiger partial charge on any atom is 0.354 e. The first-order valence-corrected chi connectivity index (χ1v) is 11.8. The van der Waals surface area contributed by atoms with Gasteiger partial charge in [0.2, 0.25) is 11.6 Å². The second-order valence-electron chi connectivity index (χ2n) is 9.59. The normalized spacial score (nSPS) is 19.0. The summed E-state index contributed by atoms with van der Waals surface area (Å²) in [4.78, 5) is 57.1. The van der Waals surface area contributed by atoms with Crippen LogP contribution in [0.4, 0.5) is 5.69 Å². The fourth-order valence-corrected chi connectivity index (χ4v) is 5.09. The fraction of sp³-hybridized carbons (Fsp3) is 0.407. The first kappa shape index (κ1) is 24.4. The Bertz CT molecular complexity index is 1210. The van der Waals surface area contributed by atoms with Crippen molar-refractivity contribution in [2.24, 2.45) is 0 Å². The summed E-state index contributed by atoms with van der Waals surface area (Å²) in [5.41, 5.74) is 2.37. The van der Waals surface area contributed by atoms with Gasteiger partial charge >= 0.3 is 5.97 Å². The van der Waals surface area contributed by atoms with Crippen molar-refractivity contribution in [2.75, 3.05) is 18.6 Å². The molecule has 35 heavy (non-hydrogen) atoms. The molecule has 2 aromatic carbocycles. The molecule has 1 fully saturated rings. The highest BCUT2D eigenvalue weighted by molar-refractivity contribution is 6.15. The van der Waals surface area contributed by atoms with Crippen LogP contribution in [0.2, 0.25) is 0 Å². The van der Waals surface area contributed by atoms with E-state index >= 15 is 0 Å². The monoisotopic (exact) mass is 477 g/mol. The number of fused-ring (bicyclic) bond motifs is 3. The molecule has 2 aromatic rings. The summed E-state index contributed by atoms with van der Waals surface area (Å²) in [7, 11) is 1.65. The fourth-order valence-electron chi connectivity index (χ4n) is 5.09. The molecular formula is C27H31N3O5. The highest BCUT2D eigenvalue weighted by Crippen LogP contribution is 2.45. The molecule has 2 aliphatic heterocycles. The molecule has 3 amide bonds. The number of aryl methyl sites for hydroxylation is 2. The molecule has 0 radical (unpaired) electrons. The molecule has 4 rings (SSSR count). The molecule has 0 N–H and O–H groups in total. The van der Waals surface area contributed by atoms with Gasteiger partial charge in [-0.05, 0) is 51.0 Å². The quantitative estimate of drug-likeness (QED) is 0.597. The van der Waals surface area contributed by atoms with E-state index in [9.17, 15) is 19.2 Å². The van der Waals surface area contributed by atoms with Gasteiger partial charge in [0.25, 0.3) is 11.8 Å². The van der Waals surface area contributed by atoms with Crippen molar-refractivity contribution in [1.82, 2.24) is 9.80 Å². The minimum Gasteiger partial charge on any atom is -0.452 e. The average molecular weight is 478 g/mol. The number of benzene rings is 2. The number of carbonyl (C=O) groups is 4. The third-order valence-electron chi connectivity index (χ3n) is 6.80. The maximum absolute atomic E-state index is 13.6. The maximum atomic E-state index is 13.6. The zero-order valence-electron chi connectivity index (χ0n) is 20.8. The van der Waals surface area contributed by atoms with Crippen LogP contribution < -0.4 is 4.90 Å². The molecule has 0 unspecified atom stereocenters. The van der Waals surface area contributed by atoms with Crippen molar-refractivity contribution in [3.8, 4) is 0 Å². The van der Waals surface area contributed by atoms with Gasteiger partial charge in [0.15, 0.2) is 6.61 Å². The number of rotatable bonds is 6. The summed E-state index contributed by atoms with van der Waals surface area (Å²) in [5, 5.41) is 0. The number of hydrogen-bond acceptors (Lipinski definition) is 5. The van der Waals surface area contributed by atoms with Gasteiger partial charge in [-0.2, -0.15) is 0 Å². The second-order valence-corrected chi connectivity index (χ2v) is 9.59. The Morgan fingerprint density at radius 1 is 1.11 bits per heavy atom. The number of hydrogen-bond donors (Lipinski definition) is 0. The number of likely N-dealkylation sites (N-methyl/N-ethyl adjacent to an activating group) is 1. The Morgan fingerprint density at radius 2 is 1.83 bits per heavy atom. The van der Waals surface area contributed by atoms with E-state index in [-0.39, 0.29) is 36.6 Å².